The standard InChI is InChI=1S/C24H26BrClN2O3/c1-24-10-6-5-8-17(24)21(24)23(29)28-27-13-15-11-18(25)22(20(12-15)30-2)31-14-16-7-3-4-9-19(16)26/h3-4,7,9,11-13,17,21H,5-6,8,10,14H2,1-2H3,(H,28,29)/b27-13-/t17-,21-,24-/m0/s1. The molecule has 2 aromatic carbocycles. The van der Waals surface area contributed by atoms with Crippen molar-refractivity contribution in [1.82, 2.24) is 5.43 Å². The van der Waals surface area contributed by atoms with Gasteiger partial charge in [-0.15, -0.1) is 0 Å². The summed E-state index contributed by atoms with van der Waals surface area (Å²) in [5.41, 5.74) is 4.57. The number of rotatable bonds is 7. The van der Waals surface area contributed by atoms with Crippen LogP contribution in [-0.4, -0.2) is 19.2 Å². The zero-order chi connectivity index (χ0) is 22.0. The molecule has 2 aliphatic rings. The summed E-state index contributed by atoms with van der Waals surface area (Å²) < 4.78 is 12.2. The second-order valence-corrected chi connectivity index (χ2v) is 9.75. The van der Waals surface area contributed by atoms with Gasteiger partial charge in [0.2, 0.25) is 5.91 Å². The van der Waals surface area contributed by atoms with Gasteiger partial charge in [-0.1, -0.05) is 49.6 Å². The van der Waals surface area contributed by atoms with Crippen LogP contribution in [0.1, 0.15) is 43.7 Å². The molecule has 2 saturated carbocycles. The van der Waals surface area contributed by atoms with Crippen molar-refractivity contribution in [1.29, 1.82) is 0 Å². The maximum atomic E-state index is 12.6. The van der Waals surface area contributed by atoms with E-state index in [2.05, 4.69) is 33.4 Å². The largest absolute Gasteiger partial charge is 0.493 e. The van der Waals surface area contributed by atoms with Gasteiger partial charge in [-0.3, -0.25) is 4.79 Å². The molecule has 0 unspecified atom stereocenters. The number of carbonyl (C=O) groups is 1. The Kier molecular flexibility index (Phi) is 6.58. The molecule has 0 saturated heterocycles. The number of ether oxygens (including phenoxy) is 2. The molecule has 0 aromatic heterocycles. The SMILES string of the molecule is COc1cc(/C=N\NC(=O)[C@@H]2[C@@H]3CCCC[C@]23C)cc(Br)c1OCc1ccccc1Cl. The van der Waals surface area contributed by atoms with Crippen molar-refractivity contribution >= 4 is 39.7 Å². The molecule has 0 spiro atoms. The predicted octanol–water partition coefficient (Wildman–Crippen LogP) is 5.97. The molecule has 0 heterocycles. The number of amides is 1. The minimum absolute atomic E-state index is 0.0244. The van der Waals surface area contributed by atoms with Crippen LogP contribution < -0.4 is 14.9 Å². The third-order valence-corrected chi connectivity index (χ3v) is 7.54. The number of nitrogens with zero attached hydrogens (tertiary/aromatic N) is 1. The van der Waals surface area contributed by atoms with Gasteiger partial charge in [0.15, 0.2) is 11.5 Å². The number of fused-ring (bicyclic) bond motifs is 1. The Bertz CT molecular complexity index is 1010. The molecule has 2 aliphatic carbocycles. The average Bonchev–Trinajstić information content (AvgIpc) is 3.39. The Morgan fingerprint density at radius 3 is 2.87 bits per heavy atom. The first-order valence-corrected chi connectivity index (χ1v) is 11.7. The summed E-state index contributed by atoms with van der Waals surface area (Å²) in [4.78, 5) is 12.6. The Morgan fingerprint density at radius 1 is 1.35 bits per heavy atom. The second kappa shape index (κ2) is 9.21. The Hall–Kier alpha value is -2.05. The van der Waals surface area contributed by atoms with E-state index in [-0.39, 0.29) is 17.2 Å². The summed E-state index contributed by atoms with van der Waals surface area (Å²) in [6.07, 6.45) is 6.36. The van der Waals surface area contributed by atoms with Crippen molar-refractivity contribution in [3.8, 4) is 11.5 Å². The number of carbonyl (C=O) groups excluding carboxylic acids is 1. The quantitative estimate of drug-likeness (QED) is 0.373. The molecular weight excluding hydrogens is 480 g/mol. The lowest BCUT2D eigenvalue weighted by atomic mass is 9.90. The van der Waals surface area contributed by atoms with Gasteiger partial charge >= 0.3 is 0 Å². The van der Waals surface area contributed by atoms with Crippen LogP contribution in [0.5, 0.6) is 11.5 Å². The van der Waals surface area contributed by atoms with Gasteiger partial charge in [0, 0.05) is 16.5 Å². The van der Waals surface area contributed by atoms with E-state index < -0.39 is 0 Å². The lowest BCUT2D eigenvalue weighted by Gasteiger charge is -2.15. The van der Waals surface area contributed by atoms with E-state index in [4.69, 9.17) is 21.1 Å². The van der Waals surface area contributed by atoms with Crippen LogP contribution in [-0.2, 0) is 11.4 Å². The van der Waals surface area contributed by atoms with Crippen molar-refractivity contribution in [3.63, 3.8) is 0 Å². The molecule has 7 heteroatoms. The third kappa shape index (κ3) is 4.60. The highest BCUT2D eigenvalue weighted by molar-refractivity contribution is 9.10. The highest BCUT2D eigenvalue weighted by Gasteiger charge is 2.64. The molecule has 2 fully saturated rings. The summed E-state index contributed by atoms with van der Waals surface area (Å²) in [6, 6.07) is 11.2. The van der Waals surface area contributed by atoms with Crippen molar-refractivity contribution in [2.24, 2.45) is 22.4 Å². The summed E-state index contributed by atoms with van der Waals surface area (Å²) in [5, 5.41) is 4.84. The van der Waals surface area contributed by atoms with Crippen LogP contribution in [0.15, 0.2) is 46.0 Å². The molecule has 31 heavy (non-hydrogen) atoms. The molecule has 1 N–H and O–H groups in total. The molecule has 5 nitrogen and oxygen atoms in total. The molecular formula is C24H26BrClN2O3. The first-order valence-electron chi connectivity index (χ1n) is 10.5. The zero-order valence-corrected chi connectivity index (χ0v) is 20.0. The number of hydrogen-bond acceptors (Lipinski definition) is 4. The summed E-state index contributed by atoms with van der Waals surface area (Å²) in [7, 11) is 1.59. The van der Waals surface area contributed by atoms with Gasteiger partial charge in [0.1, 0.15) is 6.61 Å². The average molecular weight is 506 g/mol. The number of hydrazone groups is 1. The molecule has 3 atom stereocenters. The van der Waals surface area contributed by atoms with E-state index >= 15 is 0 Å². The van der Waals surface area contributed by atoms with E-state index in [0.29, 0.717) is 29.0 Å². The van der Waals surface area contributed by atoms with Gasteiger partial charge < -0.3 is 9.47 Å². The Balaban J connectivity index is 1.40. The molecule has 0 radical (unpaired) electrons. The molecule has 0 bridgehead atoms. The van der Waals surface area contributed by atoms with E-state index in [9.17, 15) is 4.79 Å². The molecule has 1 amide bonds. The van der Waals surface area contributed by atoms with Gasteiger partial charge in [-0.05, 0) is 63.9 Å². The van der Waals surface area contributed by atoms with Crippen molar-refractivity contribution in [3.05, 3.63) is 57.0 Å². The highest BCUT2D eigenvalue weighted by atomic mass is 79.9. The van der Waals surface area contributed by atoms with Crippen LogP contribution in [0.2, 0.25) is 5.02 Å². The fourth-order valence-electron chi connectivity index (χ4n) is 4.81. The first-order chi connectivity index (χ1) is 14.9. The second-order valence-electron chi connectivity index (χ2n) is 8.48. The fraction of sp³-hybridized carbons (Fsp3) is 0.417. The highest BCUT2D eigenvalue weighted by Crippen LogP contribution is 2.66. The maximum absolute atomic E-state index is 12.6. The Labute approximate surface area is 196 Å². The summed E-state index contributed by atoms with van der Waals surface area (Å²) in [6.45, 7) is 2.55. The summed E-state index contributed by atoms with van der Waals surface area (Å²) >= 11 is 9.76. The van der Waals surface area contributed by atoms with Crippen LogP contribution >= 0.6 is 27.5 Å². The van der Waals surface area contributed by atoms with Crippen LogP contribution in [0.4, 0.5) is 0 Å². The molecule has 4 rings (SSSR count). The van der Waals surface area contributed by atoms with E-state index in [1.54, 1.807) is 13.3 Å². The number of benzene rings is 2. The van der Waals surface area contributed by atoms with E-state index in [0.717, 1.165) is 28.4 Å². The van der Waals surface area contributed by atoms with Crippen molar-refractivity contribution < 1.29 is 14.3 Å². The first kappa shape index (κ1) is 22.2. The van der Waals surface area contributed by atoms with Gasteiger partial charge in [-0.25, -0.2) is 5.43 Å². The van der Waals surface area contributed by atoms with Crippen molar-refractivity contribution in [2.45, 2.75) is 39.2 Å². The third-order valence-electron chi connectivity index (χ3n) is 6.58. The lowest BCUT2D eigenvalue weighted by Crippen LogP contribution is -2.22. The smallest absolute Gasteiger partial charge is 0.244 e. The number of halogens is 2. The topological polar surface area (TPSA) is 59.9 Å². The molecule has 0 aliphatic heterocycles. The van der Waals surface area contributed by atoms with Crippen LogP contribution in [0, 0.1) is 17.3 Å². The molecule has 164 valence electrons. The zero-order valence-electron chi connectivity index (χ0n) is 17.7. The number of methoxy groups -OCH3 is 1. The number of hydrogen-bond donors (Lipinski definition) is 1. The van der Waals surface area contributed by atoms with Crippen molar-refractivity contribution in [2.75, 3.05) is 7.11 Å². The predicted molar refractivity (Wildman–Crippen MR) is 126 cm³/mol. The van der Waals surface area contributed by atoms with E-state index in [1.807, 2.05) is 36.4 Å². The van der Waals surface area contributed by atoms with E-state index in [1.165, 1.54) is 12.8 Å². The van der Waals surface area contributed by atoms with Crippen LogP contribution in [0.3, 0.4) is 0 Å². The molecule has 2 aromatic rings. The lowest BCUT2D eigenvalue weighted by molar-refractivity contribution is -0.123. The van der Waals surface area contributed by atoms with Crippen LogP contribution in [0.25, 0.3) is 0 Å². The maximum Gasteiger partial charge on any atom is 0.244 e. The van der Waals surface area contributed by atoms with Gasteiger partial charge in [-0.2, -0.15) is 5.10 Å². The Morgan fingerprint density at radius 2 is 2.16 bits per heavy atom. The van der Waals surface area contributed by atoms with Gasteiger partial charge in [0.05, 0.1) is 17.8 Å². The normalized spacial score (nSPS) is 24.5. The summed E-state index contributed by atoms with van der Waals surface area (Å²) in [5.74, 6) is 1.78. The monoisotopic (exact) mass is 504 g/mol. The minimum atomic E-state index is 0.0244. The fourth-order valence-corrected chi connectivity index (χ4v) is 5.57. The minimum Gasteiger partial charge on any atom is -0.493 e. The van der Waals surface area contributed by atoms with Gasteiger partial charge in [0.25, 0.3) is 0 Å². The number of nitrogens with one attached hydrogen (secondary N) is 1.